The van der Waals surface area contributed by atoms with Gasteiger partial charge >= 0.3 is 5.97 Å². The van der Waals surface area contributed by atoms with E-state index in [4.69, 9.17) is 5.11 Å². The third kappa shape index (κ3) is 0.519. The van der Waals surface area contributed by atoms with Crippen molar-refractivity contribution in [1.29, 1.82) is 0 Å². The van der Waals surface area contributed by atoms with E-state index in [1.807, 2.05) is 0 Å². The summed E-state index contributed by atoms with van der Waals surface area (Å²) in [7, 11) is -3.43. The lowest BCUT2D eigenvalue weighted by Crippen LogP contribution is -2.25. The summed E-state index contributed by atoms with van der Waals surface area (Å²) in [6.45, 7) is 0.370. The van der Waals surface area contributed by atoms with Crippen LogP contribution >= 0.6 is 0 Å². The molecule has 11 heavy (non-hydrogen) atoms. The molecule has 0 spiro atoms. The Bertz CT molecular complexity index is 321. The third-order valence-corrected chi connectivity index (χ3v) is 4.65. The van der Waals surface area contributed by atoms with Crippen molar-refractivity contribution in [1.82, 2.24) is 4.31 Å². The molecule has 62 valence electrons. The Morgan fingerprint density at radius 3 is 2.45 bits per heavy atom. The molecule has 1 N–H and O–H groups in total. The van der Waals surface area contributed by atoms with Crippen LogP contribution in [0.5, 0.6) is 0 Å². The van der Waals surface area contributed by atoms with Crippen molar-refractivity contribution in [2.45, 2.75) is 17.7 Å². The van der Waals surface area contributed by atoms with Gasteiger partial charge in [-0.15, -0.1) is 0 Å². The molecule has 2 aliphatic rings. The van der Waals surface area contributed by atoms with Crippen LogP contribution < -0.4 is 0 Å². The highest BCUT2D eigenvalue weighted by Gasteiger charge is 2.77. The standard InChI is InChI=1S/C5H7NO4S/c7-4(8)5-2-1-3-6(5)11(5,9)10/h1-3H2,(H,7,8). The van der Waals surface area contributed by atoms with Gasteiger partial charge in [0.15, 0.2) is 0 Å². The molecule has 0 saturated carbocycles. The molecule has 2 rings (SSSR count). The average Bonchev–Trinajstić information content (AvgIpc) is 2.25. The van der Waals surface area contributed by atoms with Crippen LogP contribution in [0.1, 0.15) is 12.8 Å². The number of sulfonamides is 1. The van der Waals surface area contributed by atoms with E-state index in [1.165, 1.54) is 0 Å². The summed E-state index contributed by atoms with van der Waals surface area (Å²) in [5.41, 5.74) is 0. The van der Waals surface area contributed by atoms with E-state index in [0.29, 0.717) is 13.0 Å². The molecule has 0 aromatic heterocycles. The van der Waals surface area contributed by atoms with Gasteiger partial charge in [-0.25, -0.2) is 13.2 Å². The molecule has 6 heteroatoms. The zero-order chi connectivity index (χ0) is 8.28. The molecule has 0 amide bonds. The SMILES string of the molecule is O=C(O)C12CCCN1S2(=O)=O. The molecular formula is C5H7NO4S. The monoisotopic (exact) mass is 177 g/mol. The van der Waals surface area contributed by atoms with Crippen LogP contribution in [0.15, 0.2) is 0 Å². The molecule has 0 aromatic carbocycles. The van der Waals surface area contributed by atoms with Gasteiger partial charge in [0.05, 0.1) is 0 Å². The van der Waals surface area contributed by atoms with Gasteiger partial charge in [0.2, 0.25) is 14.9 Å². The fourth-order valence-corrected chi connectivity index (χ4v) is 3.78. The predicted molar refractivity (Wildman–Crippen MR) is 35.2 cm³/mol. The Balaban J connectivity index is 2.49. The van der Waals surface area contributed by atoms with Gasteiger partial charge in [-0.05, 0) is 12.8 Å². The van der Waals surface area contributed by atoms with Crippen molar-refractivity contribution in [3.63, 3.8) is 0 Å². The number of carboxylic acids is 1. The van der Waals surface area contributed by atoms with Crippen LogP contribution in [0.25, 0.3) is 0 Å². The lowest BCUT2D eigenvalue weighted by Gasteiger charge is -1.95. The minimum atomic E-state index is -3.43. The van der Waals surface area contributed by atoms with Crippen LogP contribution in [-0.4, -0.2) is 35.2 Å². The van der Waals surface area contributed by atoms with Gasteiger partial charge in [-0.3, -0.25) is 0 Å². The topological polar surface area (TPSA) is 74.4 Å². The summed E-state index contributed by atoms with van der Waals surface area (Å²) < 4.78 is 23.1. The maximum atomic E-state index is 11.0. The highest BCUT2D eigenvalue weighted by Crippen LogP contribution is 2.52. The van der Waals surface area contributed by atoms with Crippen molar-refractivity contribution in [3.05, 3.63) is 0 Å². The number of nitrogens with zero attached hydrogens (tertiary/aromatic N) is 1. The molecule has 0 radical (unpaired) electrons. The molecule has 2 unspecified atom stereocenters. The number of fused-ring (bicyclic) bond motifs is 1. The van der Waals surface area contributed by atoms with Crippen LogP contribution in [-0.2, 0) is 14.8 Å². The summed E-state index contributed by atoms with van der Waals surface area (Å²) in [4.78, 5) is 9.04. The van der Waals surface area contributed by atoms with Gasteiger partial charge in [0.25, 0.3) is 0 Å². The number of aliphatic carboxylic acids is 1. The molecule has 2 atom stereocenters. The second kappa shape index (κ2) is 1.59. The quantitative estimate of drug-likeness (QED) is 0.532. The van der Waals surface area contributed by atoms with Gasteiger partial charge in [0, 0.05) is 6.54 Å². The first kappa shape index (κ1) is 7.05. The normalized spacial score (nSPS) is 44.9. The van der Waals surface area contributed by atoms with E-state index >= 15 is 0 Å². The van der Waals surface area contributed by atoms with Crippen LogP contribution in [0.2, 0.25) is 0 Å². The average molecular weight is 177 g/mol. The Kier molecular flexibility index (Phi) is 1.02. The summed E-state index contributed by atoms with van der Waals surface area (Å²) in [5.74, 6) is -1.23. The van der Waals surface area contributed by atoms with E-state index in [9.17, 15) is 13.2 Å². The highest BCUT2D eigenvalue weighted by molar-refractivity contribution is 7.98. The molecule has 2 aliphatic heterocycles. The molecule has 2 saturated heterocycles. The van der Waals surface area contributed by atoms with E-state index in [-0.39, 0.29) is 6.42 Å². The van der Waals surface area contributed by atoms with Gasteiger partial charge in [-0.2, -0.15) is 4.31 Å². The molecule has 2 heterocycles. The summed E-state index contributed by atoms with van der Waals surface area (Å²) >= 11 is 0. The van der Waals surface area contributed by atoms with Crippen molar-refractivity contribution in [2.24, 2.45) is 0 Å². The molecule has 0 aromatic rings. The Labute approximate surface area is 63.7 Å². The first-order valence-electron chi connectivity index (χ1n) is 3.29. The summed E-state index contributed by atoms with van der Waals surface area (Å²) in [5, 5.41) is 8.63. The van der Waals surface area contributed by atoms with Gasteiger partial charge in [-0.1, -0.05) is 0 Å². The van der Waals surface area contributed by atoms with Crippen molar-refractivity contribution < 1.29 is 18.3 Å². The minimum absolute atomic E-state index is 0.241. The van der Waals surface area contributed by atoms with Crippen LogP contribution in [0.4, 0.5) is 0 Å². The predicted octanol–water partition coefficient (Wildman–Crippen LogP) is -0.793. The summed E-state index contributed by atoms with van der Waals surface area (Å²) in [6, 6.07) is 0. The molecule has 5 nitrogen and oxygen atoms in total. The molecule has 0 aliphatic carbocycles. The van der Waals surface area contributed by atoms with Gasteiger partial charge in [0.1, 0.15) is 0 Å². The lowest BCUT2D eigenvalue weighted by atomic mass is 10.2. The van der Waals surface area contributed by atoms with Crippen LogP contribution in [0.3, 0.4) is 0 Å². The lowest BCUT2D eigenvalue weighted by molar-refractivity contribution is -0.140. The highest BCUT2D eigenvalue weighted by atomic mass is 32.2. The Morgan fingerprint density at radius 1 is 1.55 bits per heavy atom. The number of rotatable bonds is 1. The third-order valence-electron chi connectivity index (χ3n) is 2.30. The second-order valence-corrected chi connectivity index (χ2v) is 4.84. The number of hydrogen-bond donors (Lipinski definition) is 1. The van der Waals surface area contributed by atoms with Crippen molar-refractivity contribution in [2.75, 3.05) is 6.54 Å². The Hall–Kier alpha value is -0.620. The first-order valence-corrected chi connectivity index (χ1v) is 4.73. The molecular weight excluding hydrogens is 170 g/mol. The minimum Gasteiger partial charge on any atom is -0.479 e. The Morgan fingerprint density at radius 2 is 2.18 bits per heavy atom. The number of hydrogen-bond acceptors (Lipinski definition) is 3. The molecule has 0 bridgehead atoms. The van der Waals surface area contributed by atoms with E-state index < -0.39 is 20.9 Å². The van der Waals surface area contributed by atoms with Crippen LogP contribution in [0, 0.1) is 0 Å². The zero-order valence-electron chi connectivity index (χ0n) is 5.65. The first-order chi connectivity index (χ1) is 5.03. The van der Waals surface area contributed by atoms with E-state index in [1.54, 1.807) is 0 Å². The fourth-order valence-electron chi connectivity index (χ4n) is 1.68. The number of carboxylic acid groups (broad SMARTS) is 1. The second-order valence-electron chi connectivity index (χ2n) is 2.77. The maximum Gasteiger partial charge on any atom is 0.342 e. The maximum absolute atomic E-state index is 11.0. The largest absolute Gasteiger partial charge is 0.479 e. The number of carbonyl (C=O) groups is 1. The smallest absolute Gasteiger partial charge is 0.342 e. The van der Waals surface area contributed by atoms with Gasteiger partial charge < -0.3 is 5.11 Å². The van der Waals surface area contributed by atoms with E-state index in [0.717, 1.165) is 4.31 Å². The molecule has 2 fully saturated rings. The fraction of sp³-hybridized carbons (Fsp3) is 0.800. The van der Waals surface area contributed by atoms with E-state index in [2.05, 4.69) is 0 Å². The summed E-state index contributed by atoms with van der Waals surface area (Å²) in [6.07, 6.45) is 0.899. The zero-order valence-corrected chi connectivity index (χ0v) is 6.47. The van der Waals surface area contributed by atoms with Crippen molar-refractivity contribution >= 4 is 16.0 Å². The van der Waals surface area contributed by atoms with Crippen molar-refractivity contribution in [3.8, 4) is 0 Å².